The minimum absolute atomic E-state index is 0.150. The smallest absolute Gasteiger partial charge is 0.129 e. The Morgan fingerprint density at radius 1 is 1.44 bits per heavy atom. The van der Waals surface area contributed by atoms with E-state index in [1.807, 2.05) is 18.9 Å². The first-order valence-electron chi connectivity index (χ1n) is 5.25. The Bertz CT molecular complexity index is 342. The first-order chi connectivity index (χ1) is 7.49. The zero-order valence-corrected chi connectivity index (χ0v) is 11.0. The molecular formula is C12H16Cl2FN. The van der Waals surface area contributed by atoms with Crippen LogP contribution in [0.1, 0.15) is 18.9 Å². The van der Waals surface area contributed by atoms with Crippen molar-refractivity contribution >= 4 is 23.2 Å². The summed E-state index contributed by atoms with van der Waals surface area (Å²) >= 11 is 11.5. The number of hydrogen-bond acceptors (Lipinski definition) is 1. The lowest BCUT2D eigenvalue weighted by molar-refractivity contribution is 0.316. The van der Waals surface area contributed by atoms with Crippen LogP contribution in [-0.4, -0.2) is 23.9 Å². The van der Waals surface area contributed by atoms with E-state index in [9.17, 15) is 4.39 Å². The molecular weight excluding hydrogens is 248 g/mol. The maximum Gasteiger partial charge on any atom is 0.129 e. The van der Waals surface area contributed by atoms with Gasteiger partial charge in [0.1, 0.15) is 5.82 Å². The third kappa shape index (κ3) is 4.69. The fourth-order valence-electron chi connectivity index (χ4n) is 1.42. The molecule has 16 heavy (non-hydrogen) atoms. The van der Waals surface area contributed by atoms with Gasteiger partial charge in [-0.1, -0.05) is 17.7 Å². The SMILES string of the molecule is CC(Cl)CCN(C)Cc1ccc(Cl)cc1F. The molecule has 0 aliphatic carbocycles. The molecule has 0 radical (unpaired) electrons. The van der Waals surface area contributed by atoms with Crippen LogP contribution in [0.3, 0.4) is 0 Å². The second-order valence-corrected chi connectivity index (χ2v) is 5.22. The van der Waals surface area contributed by atoms with Gasteiger partial charge in [0.2, 0.25) is 0 Å². The van der Waals surface area contributed by atoms with Gasteiger partial charge in [-0.25, -0.2) is 4.39 Å². The molecule has 1 rings (SSSR count). The summed E-state index contributed by atoms with van der Waals surface area (Å²) in [6.07, 6.45) is 0.896. The van der Waals surface area contributed by atoms with E-state index in [0.717, 1.165) is 13.0 Å². The van der Waals surface area contributed by atoms with Gasteiger partial charge in [0.05, 0.1) is 0 Å². The molecule has 90 valence electrons. The lowest BCUT2D eigenvalue weighted by Crippen LogP contribution is -2.21. The lowest BCUT2D eigenvalue weighted by atomic mass is 10.2. The van der Waals surface area contributed by atoms with Crippen molar-refractivity contribution in [2.24, 2.45) is 0 Å². The summed E-state index contributed by atoms with van der Waals surface area (Å²) < 4.78 is 13.5. The average molecular weight is 264 g/mol. The molecule has 0 aliphatic rings. The Hall–Kier alpha value is -0.310. The van der Waals surface area contributed by atoms with Crippen LogP contribution in [0.4, 0.5) is 4.39 Å². The molecule has 1 aromatic carbocycles. The fraction of sp³-hybridized carbons (Fsp3) is 0.500. The van der Waals surface area contributed by atoms with Gasteiger partial charge >= 0.3 is 0 Å². The average Bonchev–Trinajstić information content (AvgIpc) is 2.19. The number of alkyl halides is 1. The van der Waals surface area contributed by atoms with Gasteiger partial charge in [-0.3, -0.25) is 0 Å². The highest BCUT2D eigenvalue weighted by atomic mass is 35.5. The Morgan fingerprint density at radius 3 is 2.69 bits per heavy atom. The topological polar surface area (TPSA) is 3.24 Å². The van der Waals surface area contributed by atoms with Crippen LogP contribution in [0.5, 0.6) is 0 Å². The van der Waals surface area contributed by atoms with Crippen LogP contribution in [0.15, 0.2) is 18.2 Å². The van der Waals surface area contributed by atoms with Crippen LogP contribution in [0.25, 0.3) is 0 Å². The van der Waals surface area contributed by atoms with Crippen molar-refractivity contribution in [2.45, 2.75) is 25.3 Å². The van der Waals surface area contributed by atoms with Crippen molar-refractivity contribution in [1.29, 1.82) is 0 Å². The van der Waals surface area contributed by atoms with Crippen molar-refractivity contribution in [3.05, 3.63) is 34.6 Å². The molecule has 1 aromatic rings. The lowest BCUT2D eigenvalue weighted by Gasteiger charge is -2.17. The highest BCUT2D eigenvalue weighted by Gasteiger charge is 2.07. The number of halogens is 3. The number of hydrogen-bond donors (Lipinski definition) is 0. The fourth-order valence-corrected chi connectivity index (χ4v) is 1.67. The van der Waals surface area contributed by atoms with Gasteiger partial charge in [0, 0.05) is 22.5 Å². The first kappa shape index (κ1) is 13.8. The first-order valence-corrected chi connectivity index (χ1v) is 6.07. The Labute approximate surface area is 106 Å². The van der Waals surface area contributed by atoms with Gasteiger partial charge in [-0.05, 0) is 39.1 Å². The molecule has 0 heterocycles. The van der Waals surface area contributed by atoms with Gasteiger partial charge in [-0.2, -0.15) is 0 Å². The molecule has 1 nitrogen and oxygen atoms in total. The largest absolute Gasteiger partial charge is 0.302 e. The van der Waals surface area contributed by atoms with E-state index in [1.54, 1.807) is 12.1 Å². The van der Waals surface area contributed by atoms with Crippen molar-refractivity contribution in [3.63, 3.8) is 0 Å². The summed E-state index contributed by atoms with van der Waals surface area (Å²) in [5.74, 6) is -0.252. The van der Waals surface area contributed by atoms with Crippen molar-refractivity contribution < 1.29 is 4.39 Å². The van der Waals surface area contributed by atoms with E-state index in [1.165, 1.54) is 6.07 Å². The molecule has 0 saturated carbocycles. The van der Waals surface area contributed by atoms with Crippen LogP contribution in [0.2, 0.25) is 5.02 Å². The van der Waals surface area contributed by atoms with Crippen LogP contribution in [-0.2, 0) is 6.54 Å². The molecule has 1 unspecified atom stereocenters. The van der Waals surface area contributed by atoms with Crippen LogP contribution < -0.4 is 0 Å². The van der Waals surface area contributed by atoms with E-state index < -0.39 is 0 Å². The molecule has 0 bridgehead atoms. The summed E-state index contributed by atoms with van der Waals surface area (Å²) in [5.41, 5.74) is 0.661. The predicted octanol–water partition coefficient (Wildman–Crippen LogP) is 3.93. The third-order valence-corrected chi connectivity index (χ3v) is 2.82. The summed E-state index contributed by atoms with van der Waals surface area (Å²) in [6.45, 7) is 3.39. The quantitative estimate of drug-likeness (QED) is 0.728. The van der Waals surface area contributed by atoms with Gasteiger partial charge in [0.25, 0.3) is 0 Å². The van der Waals surface area contributed by atoms with Crippen molar-refractivity contribution in [1.82, 2.24) is 4.90 Å². The zero-order valence-electron chi connectivity index (χ0n) is 9.51. The van der Waals surface area contributed by atoms with E-state index in [0.29, 0.717) is 17.1 Å². The molecule has 1 atom stereocenters. The molecule has 0 fully saturated rings. The molecule has 0 N–H and O–H groups in total. The van der Waals surface area contributed by atoms with Gasteiger partial charge in [-0.15, -0.1) is 11.6 Å². The highest BCUT2D eigenvalue weighted by molar-refractivity contribution is 6.30. The molecule has 0 amide bonds. The minimum atomic E-state index is -0.252. The number of rotatable bonds is 5. The Balaban J connectivity index is 2.52. The second kappa shape index (κ2) is 6.43. The Morgan fingerprint density at radius 2 is 2.12 bits per heavy atom. The molecule has 4 heteroatoms. The monoisotopic (exact) mass is 263 g/mol. The van der Waals surface area contributed by atoms with Gasteiger partial charge < -0.3 is 4.90 Å². The van der Waals surface area contributed by atoms with E-state index in [2.05, 4.69) is 0 Å². The maximum absolute atomic E-state index is 13.5. The van der Waals surface area contributed by atoms with Crippen LogP contribution >= 0.6 is 23.2 Å². The minimum Gasteiger partial charge on any atom is -0.302 e. The number of benzene rings is 1. The number of nitrogens with zero attached hydrogens (tertiary/aromatic N) is 1. The molecule has 0 saturated heterocycles. The molecule has 0 spiro atoms. The summed E-state index contributed by atoms with van der Waals surface area (Å²) in [4.78, 5) is 2.05. The standard InChI is InChI=1S/C12H16Cl2FN/c1-9(13)5-6-16(2)8-10-3-4-11(14)7-12(10)15/h3-4,7,9H,5-6,8H2,1-2H3. The predicted molar refractivity (Wildman–Crippen MR) is 67.7 cm³/mol. The molecule has 0 aliphatic heterocycles. The summed E-state index contributed by atoms with van der Waals surface area (Å²) in [5, 5.41) is 0.579. The normalized spacial score (nSPS) is 13.1. The molecule has 0 aromatic heterocycles. The summed E-state index contributed by atoms with van der Waals surface area (Å²) in [7, 11) is 1.95. The zero-order chi connectivity index (χ0) is 12.1. The van der Waals surface area contributed by atoms with E-state index in [-0.39, 0.29) is 11.2 Å². The van der Waals surface area contributed by atoms with Crippen molar-refractivity contribution in [3.8, 4) is 0 Å². The highest BCUT2D eigenvalue weighted by Crippen LogP contribution is 2.16. The van der Waals surface area contributed by atoms with Crippen LogP contribution in [0, 0.1) is 5.82 Å². The maximum atomic E-state index is 13.5. The third-order valence-electron chi connectivity index (χ3n) is 2.36. The Kier molecular flexibility index (Phi) is 5.53. The van der Waals surface area contributed by atoms with E-state index in [4.69, 9.17) is 23.2 Å². The van der Waals surface area contributed by atoms with E-state index >= 15 is 0 Å². The van der Waals surface area contributed by atoms with Crippen molar-refractivity contribution in [2.75, 3.05) is 13.6 Å². The van der Waals surface area contributed by atoms with Gasteiger partial charge in [0.15, 0.2) is 0 Å². The summed E-state index contributed by atoms with van der Waals surface area (Å²) in [6, 6.07) is 4.77. The second-order valence-electron chi connectivity index (χ2n) is 4.04.